The van der Waals surface area contributed by atoms with E-state index in [1.165, 1.54) is 0 Å². The molecule has 0 fully saturated rings. The number of benzene rings is 3. The van der Waals surface area contributed by atoms with Crippen LogP contribution in [0.2, 0.25) is 0 Å². The van der Waals surface area contributed by atoms with E-state index in [2.05, 4.69) is 6.92 Å². The molecule has 3 aromatic carbocycles. The number of aliphatic carboxylic acids is 1. The summed E-state index contributed by atoms with van der Waals surface area (Å²) < 4.78 is 21.8. The first-order valence-electron chi connectivity index (χ1n) is 11.4. The van der Waals surface area contributed by atoms with E-state index < -0.39 is 17.3 Å². The van der Waals surface area contributed by atoms with Crippen molar-refractivity contribution < 1.29 is 28.8 Å². The number of hydrogen-bond acceptors (Lipinski definition) is 5. The fourth-order valence-electron chi connectivity index (χ4n) is 4.98. The molecule has 6 nitrogen and oxygen atoms in total. The maximum Gasteiger partial charge on any atom is 0.308 e. The first kappa shape index (κ1) is 23.5. The second kappa shape index (κ2) is 10.1. The number of carboxylic acid groups (broad SMARTS) is 1. The Balaban J connectivity index is 1.89. The van der Waals surface area contributed by atoms with Crippen LogP contribution in [0.4, 0.5) is 0 Å². The highest BCUT2D eigenvalue weighted by Gasteiger charge is 2.46. The van der Waals surface area contributed by atoms with Crippen molar-refractivity contribution in [1.82, 2.24) is 0 Å². The maximum absolute atomic E-state index is 13.0. The van der Waals surface area contributed by atoms with Gasteiger partial charge in [-0.25, -0.2) is 0 Å². The monoisotopic (exact) mass is 462 g/mol. The van der Waals surface area contributed by atoms with Crippen LogP contribution in [0.15, 0.2) is 66.7 Å². The van der Waals surface area contributed by atoms with Crippen molar-refractivity contribution in [2.75, 3.05) is 21.0 Å². The Morgan fingerprint density at radius 3 is 2.03 bits per heavy atom. The van der Waals surface area contributed by atoms with Gasteiger partial charge in [0.1, 0.15) is 23.0 Å². The molecule has 1 aliphatic rings. The van der Waals surface area contributed by atoms with Crippen LogP contribution in [0, 0.1) is 5.92 Å². The van der Waals surface area contributed by atoms with Crippen LogP contribution in [-0.2, 0) is 16.6 Å². The highest BCUT2D eigenvalue weighted by Crippen LogP contribution is 2.47. The Labute approximate surface area is 200 Å². The lowest BCUT2D eigenvalue weighted by Crippen LogP contribution is -2.42. The molecule has 0 saturated heterocycles. The molecule has 34 heavy (non-hydrogen) atoms. The minimum atomic E-state index is -0.858. The summed E-state index contributed by atoms with van der Waals surface area (Å²) in [6.07, 6.45) is 1.76. The number of hydrogen-bond donors (Lipinski definition) is 1. The predicted octanol–water partition coefficient (Wildman–Crippen LogP) is 5.46. The van der Waals surface area contributed by atoms with Gasteiger partial charge in [0.25, 0.3) is 0 Å². The molecule has 0 saturated carbocycles. The summed E-state index contributed by atoms with van der Waals surface area (Å²) in [6.45, 7) is 2.21. The predicted molar refractivity (Wildman–Crippen MR) is 129 cm³/mol. The third-order valence-electron chi connectivity index (χ3n) is 6.65. The molecule has 1 atom stereocenters. The molecular weight excluding hydrogens is 432 g/mol. The van der Waals surface area contributed by atoms with Gasteiger partial charge in [0.15, 0.2) is 0 Å². The fraction of sp³-hybridized carbons (Fsp3) is 0.321. The number of fused-ring (bicyclic) bond motifs is 2. The third kappa shape index (κ3) is 4.40. The van der Waals surface area contributed by atoms with Gasteiger partial charge in [0, 0.05) is 11.5 Å². The van der Waals surface area contributed by atoms with Crippen LogP contribution in [0.5, 0.6) is 23.0 Å². The van der Waals surface area contributed by atoms with Crippen LogP contribution < -0.4 is 18.9 Å². The van der Waals surface area contributed by atoms with Crippen LogP contribution in [0.25, 0.3) is 0 Å². The minimum Gasteiger partial charge on any atom is -0.497 e. The van der Waals surface area contributed by atoms with Gasteiger partial charge in [-0.15, -0.1) is 0 Å². The lowest BCUT2D eigenvalue weighted by Gasteiger charge is -2.40. The highest BCUT2D eigenvalue weighted by molar-refractivity contribution is 5.75. The summed E-state index contributed by atoms with van der Waals surface area (Å²) in [6, 6.07) is 21.1. The molecule has 1 unspecified atom stereocenters. The van der Waals surface area contributed by atoms with E-state index in [-0.39, 0.29) is 6.79 Å². The second-order valence-corrected chi connectivity index (χ2v) is 8.45. The Bertz CT molecular complexity index is 1070. The standard InChI is InChI=1S/C28H30O6/c1-4-15-28(20-6-11-22(31-2)12-7-20,21-8-13-23(32-3)14-9-21)25(27(29)30)16-19-5-10-24-17-26(19)34-18-33-24/h5-14,17,25H,4,15-16,18H2,1-3H3,(H,29,30). The van der Waals surface area contributed by atoms with Crippen molar-refractivity contribution in [2.45, 2.75) is 31.6 Å². The van der Waals surface area contributed by atoms with Crippen LogP contribution in [-0.4, -0.2) is 32.1 Å². The number of rotatable bonds is 10. The second-order valence-electron chi connectivity index (χ2n) is 8.45. The summed E-state index contributed by atoms with van der Waals surface area (Å²) in [5.41, 5.74) is 1.93. The highest BCUT2D eigenvalue weighted by atomic mass is 16.7. The van der Waals surface area contributed by atoms with Gasteiger partial charge >= 0.3 is 5.97 Å². The normalized spacial score (nSPS) is 13.4. The summed E-state index contributed by atoms with van der Waals surface area (Å²) in [5, 5.41) is 10.6. The van der Waals surface area contributed by atoms with Gasteiger partial charge < -0.3 is 24.1 Å². The van der Waals surface area contributed by atoms with Gasteiger partial charge in [0.2, 0.25) is 6.79 Å². The molecule has 0 amide bonds. The zero-order valence-corrected chi connectivity index (χ0v) is 19.7. The van der Waals surface area contributed by atoms with Crippen molar-refractivity contribution in [3.63, 3.8) is 0 Å². The molecule has 1 heterocycles. The van der Waals surface area contributed by atoms with Crippen molar-refractivity contribution >= 4 is 5.97 Å². The first-order chi connectivity index (χ1) is 16.5. The zero-order valence-electron chi connectivity index (χ0n) is 19.7. The number of ether oxygens (including phenoxy) is 4. The molecule has 0 aromatic heterocycles. The van der Waals surface area contributed by atoms with Crippen molar-refractivity contribution in [2.24, 2.45) is 5.92 Å². The molecule has 6 heteroatoms. The van der Waals surface area contributed by atoms with Gasteiger partial charge in [-0.2, -0.15) is 0 Å². The average molecular weight is 463 g/mol. The topological polar surface area (TPSA) is 74.2 Å². The summed E-state index contributed by atoms with van der Waals surface area (Å²) in [4.78, 5) is 13.0. The molecule has 1 N–H and O–H groups in total. The Kier molecular flexibility index (Phi) is 6.96. The van der Waals surface area contributed by atoms with E-state index in [9.17, 15) is 9.90 Å². The molecule has 0 radical (unpaired) electrons. The molecular formula is C28H30O6. The minimum absolute atomic E-state index is 0.129. The lowest BCUT2D eigenvalue weighted by molar-refractivity contribution is -0.144. The Morgan fingerprint density at radius 2 is 1.53 bits per heavy atom. The van der Waals surface area contributed by atoms with Gasteiger partial charge in [-0.3, -0.25) is 4.79 Å². The molecule has 178 valence electrons. The quantitative estimate of drug-likeness (QED) is 0.431. The average Bonchev–Trinajstić information content (AvgIpc) is 2.87. The van der Waals surface area contributed by atoms with Crippen LogP contribution >= 0.6 is 0 Å². The van der Waals surface area contributed by atoms with E-state index in [1.807, 2.05) is 66.7 Å². The van der Waals surface area contributed by atoms with Crippen LogP contribution in [0.1, 0.15) is 36.5 Å². The fourth-order valence-corrected chi connectivity index (χ4v) is 4.98. The van der Waals surface area contributed by atoms with Crippen molar-refractivity contribution in [1.29, 1.82) is 0 Å². The molecule has 0 aliphatic carbocycles. The largest absolute Gasteiger partial charge is 0.497 e. The van der Waals surface area contributed by atoms with Gasteiger partial charge in [0.05, 0.1) is 20.1 Å². The summed E-state index contributed by atoms with van der Waals surface area (Å²) in [7, 11) is 3.24. The van der Waals surface area contributed by atoms with E-state index in [1.54, 1.807) is 14.2 Å². The third-order valence-corrected chi connectivity index (χ3v) is 6.65. The summed E-state index contributed by atoms with van der Waals surface area (Å²) >= 11 is 0. The number of methoxy groups -OCH3 is 2. The van der Waals surface area contributed by atoms with E-state index in [0.29, 0.717) is 18.6 Å². The van der Waals surface area contributed by atoms with E-state index >= 15 is 0 Å². The van der Waals surface area contributed by atoms with Gasteiger partial charge in [-0.1, -0.05) is 43.7 Å². The van der Waals surface area contributed by atoms with Crippen molar-refractivity contribution in [3.05, 3.63) is 83.4 Å². The smallest absolute Gasteiger partial charge is 0.308 e. The lowest BCUT2D eigenvalue weighted by atomic mass is 9.61. The van der Waals surface area contributed by atoms with Crippen LogP contribution in [0.3, 0.4) is 0 Å². The Morgan fingerprint density at radius 1 is 0.941 bits per heavy atom. The van der Waals surface area contributed by atoms with Crippen molar-refractivity contribution in [3.8, 4) is 23.0 Å². The molecule has 2 bridgehead atoms. The number of carboxylic acids is 1. The summed E-state index contributed by atoms with van der Waals surface area (Å²) in [5.74, 6) is 1.24. The molecule has 3 aromatic rings. The molecule has 0 spiro atoms. The SMILES string of the molecule is CCCC(c1ccc(OC)cc1)(c1ccc(OC)cc1)C(Cc1ccc2cc1OCO2)C(=O)O. The number of carbonyl (C=O) groups is 1. The molecule has 4 rings (SSSR count). The van der Waals surface area contributed by atoms with Gasteiger partial charge in [-0.05, 0) is 59.9 Å². The first-order valence-corrected chi connectivity index (χ1v) is 11.4. The maximum atomic E-state index is 13.0. The van der Waals surface area contributed by atoms with E-state index in [4.69, 9.17) is 18.9 Å². The zero-order chi connectivity index (χ0) is 24.1. The Hall–Kier alpha value is -3.67. The van der Waals surface area contributed by atoms with E-state index in [0.717, 1.165) is 40.4 Å². The molecule has 1 aliphatic heterocycles.